The van der Waals surface area contributed by atoms with E-state index >= 15 is 0 Å². The van der Waals surface area contributed by atoms with Crippen LogP contribution in [0.3, 0.4) is 0 Å². The van der Waals surface area contributed by atoms with Gasteiger partial charge in [0, 0.05) is 17.8 Å². The highest BCUT2D eigenvalue weighted by Crippen LogP contribution is 2.29. The van der Waals surface area contributed by atoms with Crippen LogP contribution in [0, 0.1) is 0 Å². The first-order valence-corrected chi connectivity index (χ1v) is 8.22. The standard InChI is InChI=1S/C15H23NO2S/c1-3-18-15-8-11(4-7-14(15)17)10-16-12-5-6-13(9-12)19-2/h4,7-8,12-13,16-17H,3,5-6,9-10H2,1-2H3. The molecular weight excluding hydrogens is 258 g/mol. The number of phenolic OH excluding ortho intramolecular Hbond substituents is 1. The lowest BCUT2D eigenvalue weighted by atomic mass is 10.1. The van der Waals surface area contributed by atoms with E-state index < -0.39 is 0 Å². The first-order chi connectivity index (χ1) is 9.22. The SMILES string of the molecule is CCOc1cc(CNC2CCC(SC)C2)ccc1O. The van der Waals surface area contributed by atoms with Crippen molar-refractivity contribution >= 4 is 11.8 Å². The maximum Gasteiger partial charge on any atom is 0.161 e. The summed E-state index contributed by atoms with van der Waals surface area (Å²) in [5, 5.41) is 14.1. The summed E-state index contributed by atoms with van der Waals surface area (Å²) in [4.78, 5) is 0. The lowest BCUT2D eigenvalue weighted by Gasteiger charge is -2.14. The van der Waals surface area contributed by atoms with Gasteiger partial charge in [0.2, 0.25) is 0 Å². The zero-order valence-electron chi connectivity index (χ0n) is 11.7. The van der Waals surface area contributed by atoms with Gasteiger partial charge in [-0.2, -0.15) is 11.8 Å². The van der Waals surface area contributed by atoms with Gasteiger partial charge in [-0.1, -0.05) is 6.07 Å². The fourth-order valence-corrected chi connectivity index (χ4v) is 3.34. The Hall–Kier alpha value is -0.870. The van der Waals surface area contributed by atoms with Crippen LogP contribution in [0.25, 0.3) is 0 Å². The van der Waals surface area contributed by atoms with Gasteiger partial charge < -0.3 is 15.2 Å². The van der Waals surface area contributed by atoms with Gasteiger partial charge >= 0.3 is 0 Å². The molecule has 0 spiro atoms. The van der Waals surface area contributed by atoms with E-state index in [0.717, 1.165) is 17.4 Å². The number of benzene rings is 1. The van der Waals surface area contributed by atoms with E-state index in [1.807, 2.05) is 30.8 Å². The van der Waals surface area contributed by atoms with Gasteiger partial charge in [0.1, 0.15) is 0 Å². The molecule has 2 rings (SSSR count). The van der Waals surface area contributed by atoms with E-state index in [1.54, 1.807) is 6.07 Å². The molecule has 1 fully saturated rings. The van der Waals surface area contributed by atoms with Gasteiger partial charge in [0.25, 0.3) is 0 Å². The molecular formula is C15H23NO2S. The highest BCUT2D eigenvalue weighted by atomic mass is 32.2. The number of rotatable bonds is 6. The summed E-state index contributed by atoms with van der Waals surface area (Å²) in [5.41, 5.74) is 1.16. The number of phenols is 1. The highest BCUT2D eigenvalue weighted by molar-refractivity contribution is 7.99. The third kappa shape index (κ3) is 4.05. The number of hydrogen-bond donors (Lipinski definition) is 2. The van der Waals surface area contributed by atoms with Crippen LogP contribution in [-0.4, -0.2) is 29.3 Å². The minimum Gasteiger partial charge on any atom is -0.504 e. The molecule has 1 aliphatic rings. The van der Waals surface area contributed by atoms with Crippen LogP contribution in [0.2, 0.25) is 0 Å². The van der Waals surface area contributed by atoms with Crippen molar-refractivity contribution < 1.29 is 9.84 Å². The van der Waals surface area contributed by atoms with E-state index in [1.165, 1.54) is 19.3 Å². The molecule has 2 atom stereocenters. The summed E-state index contributed by atoms with van der Waals surface area (Å²) >= 11 is 1.98. The average molecular weight is 281 g/mol. The fraction of sp³-hybridized carbons (Fsp3) is 0.600. The normalized spacial score (nSPS) is 22.6. The first-order valence-electron chi connectivity index (χ1n) is 6.93. The molecule has 106 valence electrons. The van der Waals surface area contributed by atoms with Crippen LogP contribution in [0.15, 0.2) is 18.2 Å². The molecule has 0 aromatic heterocycles. The molecule has 4 heteroatoms. The average Bonchev–Trinajstić information content (AvgIpc) is 2.88. The number of thioether (sulfide) groups is 1. The van der Waals surface area contributed by atoms with Gasteiger partial charge in [0.15, 0.2) is 11.5 Å². The topological polar surface area (TPSA) is 41.5 Å². The second-order valence-corrected chi connectivity index (χ2v) is 6.12. The van der Waals surface area contributed by atoms with Crippen LogP contribution in [0.5, 0.6) is 11.5 Å². The maximum atomic E-state index is 9.66. The summed E-state index contributed by atoms with van der Waals surface area (Å²) in [6.07, 6.45) is 6.04. The van der Waals surface area contributed by atoms with Crippen LogP contribution < -0.4 is 10.1 Å². The molecule has 1 aliphatic carbocycles. The van der Waals surface area contributed by atoms with E-state index in [4.69, 9.17) is 4.74 Å². The summed E-state index contributed by atoms with van der Waals surface area (Å²) < 4.78 is 5.40. The van der Waals surface area contributed by atoms with Gasteiger partial charge in [-0.05, 0) is 50.1 Å². The molecule has 2 unspecified atom stereocenters. The Kier molecular flexibility index (Phi) is 5.40. The molecule has 0 heterocycles. The van der Waals surface area contributed by atoms with Crippen molar-refractivity contribution in [3.63, 3.8) is 0 Å². The lowest BCUT2D eigenvalue weighted by Crippen LogP contribution is -2.26. The van der Waals surface area contributed by atoms with Crippen molar-refractivity contribution in [3.8, 4) is 11.5 Å². The van der Waals surface area contributed by atoms with E-state index in [-0.39, 0.29) is 5.75 Å². The van der Waals surface area contributed by atoms with E-state index in [2.05, 4.69) is 11.6 Å². The zero-order chi connectivity index (χ0) is 13.7. The Labute approximate surface area is 119 Å². The number of ether oxygens (including phenoxy) is 1. The van der Waals surface area contributed by atoms with Crippen molar-refractivity contribution in [2.24, 2.45) is 0 Å². The van der Waals surface area contributed by atoms with Crippen molar-refractivity contribution in [1.82, 2.24) is 5.32 Å². The third-order valence-electron chi connectivity index (χ3n) is 3.64. The van der Waals surface area contributed by atoms with Crippen LogP contribution in [0.1, 0.15) is 31.7 Å². The molecule has 0 amide bonds. The lowest BCUT2D eigenvalue weighted by molar-refractivity contribution is 0.317. The number of aromatic hydroxyl groups is 1. The minimum absolute atomic E-state index is 0.217. The summed E-state index contributed by atoms with van der Waals surface area (Å²) in [5.74, 6) is 0.795. The monoisotopic (exact) mass is 281 g/mol. The Morgan fingerprint density at radius 2 is 2.26 bits per heavy atom. The maximum absolute atomic E-state index is 9.66. The first kappa shape index (κ1) is 14.5. The molecule has 1 aromatic rings. The molecule has 3 nitrogen and oxygen atoms in total. The van der Waals surface area contributed by atoms with Crippen LogP contribution >= 0.6 is 11.8 Å². The van der Waals surface area contributed by atoms with Gasteiger partial charge in [-0.15, -0.1) is 0 Å². The molecule has 19 heavy (non-hydrogen) atoms. The van der Waals surface area contributed by atoms with Crippen LogP contribution in [-0.2, 0) is 6.54 Å². The fourth-order valence-electron chi connectivity index (χ4n) is 2.54. The minimum atomic E-state index is 0.217. The van der Waals surface area contributed by atoms with Crippen molar-refractivity contribution in [2.75, 3.05) is 12.9 Å². The quantitative estimate of drug-likeness (QED) is 0.840. The van der Waals surface area contributed by atoms with Crippen molar-refractivity contribution in [2.45, 2.75) is 44.0 Å². The number of hydrogen-bond acceptors (Lipinski definition) is 4. The van der Waals surface area contributed by atoms with Crippen molar-refractivity contribution in [1.29, 1.82) is 0 Å². The van der Waals surface area contributed by atoms with Crippen molar-refractivity contribution in [3.05, 3.63) is 23.8 Å². The third-order valence-corrected chi connectivity index (χ3v) is 4.73. The smallest absolute Gasteiger partial charge is 0.161 e. The Balaban J connectivity index is 1.87. The van der Waals surface area contributed by atoms with E-state index in [0.29, 0.717) is 18.4 Å². The zero-order valence-corrected chi connectivity index (χ0v) is 12.5. The Morgan fingerprint density at radius 1 is 1.42 bits per heavy atom. The molecule has 0 radical (unpaired) electrons. The van der Waals surface area contributed by atoms with Gasteiger partial charge in [-0.3, -0.25) is 0 Å². The highest BCUT2D eigenvalue weighted by Gasteiger charge is 2.23. The molecule has 1 aromatic carbocycles. The molecule has 0 aliphatic heterocycles. The Morgan fingerprint density at radius 3 is 2.95 bits per heavy atom. The summed E-state index contributed by atoms with van der Waals surface area (Å²) in [6.45, 7) is 3.33. The summed E-state index contributed by atoms with van der Waals surface area (Å²) in [7, 11) is 0. The molecule has 1 saturated carbocycles. The predicted molar refractivity (Wildman–Crippen MR) is 81.1 cm³/mol. The van der Waals surface area contributed by atoms with Gasteiger partial charge in [-0.25, -0.2) is 0 Å². The second kappa shape index (κ2) is 7.06. The Bertz CT molecular complexity index is 411. The van der Waals surface area contributed by atoms with Gasteiger partial charge in [0.05, 0.1) is 6.61 Å². The van der Waals surface area contributed by atoms with E-state index in [9.17, 15) is 5.11 Å². The van der Waals surface area contributed by atoms with Crippen LogP contribution in [0.4, 0.5) is 0 Å². The second-order valence-electron chi connectivity index (χ2n) is 4.98. The number of nitrogens with one attached hydrogen (secondary N) is 1. The largest absolute Gasteiger partial charge is 0.504 e. The predicted octanol–water partition coefficient (Wildman–Crippen LogP) is 3.16. The summed E-state index contributed by atoms with van der Waals surface area (Å²) in [6, 6.07) is 6.21. The molecule has 0 bridgehead atoms. The molecule has 0 saturated heterocycles. The molecule has 2 N–H and O–H groups in total.